The van der Waals surface area contributed by atoms with Crippen molar-refractivity contribution in [1.82, 2.24) is 4.90 Å². The number of nitrogens with zero attached hydrogens (tertiary/aromatic N) is 1. The fourth-order valence-electron chi connectivity index (χ4n) is 5.08. The third kappa shape index (κ3) is 2.22. The summed E-state index contributed by atoms with van der Waals surface area (Å²) in [5, 5.41) is 35.3. The predicted octanol–water partition coefficient (Wildman–Crippen LogP) is 3.43. The van der Waals surface area contributed by atoms with Crippen molar-refractivity contribution >= 4 is 21.5 Å². The maximum atomic E-state index is 11.3. The highest BCUT2D eigenvalue weighted by molar-refractivity contribution is 6.15. The first-order valence-corrected chi connectivity index (χ1v) is 9.52. The number of fused-ring (bicyclic) bond motifs is 7. The molecule has 6 nitrogen and oxygen atoms in total. The summed E-state index contributed by atoms with van der Waals surface area (Å²) in [4.78, 5) is 2.33. The Kier molecular flexibility index (Phi) is 3.82. The van der Waals surface area contributed by atoms with Gasteiger partial charge >= 0.3 is 0 Å². The summed E-state index contributed by atoms with van der Waals surface area (Å²) in [5.74, 6) is 0.776. The molecule has 1 fully saturated rings. The Bertz CT molecular complexity index is 1110. The molecular formula is C22H23NO5. The van der Waals surface area contributed by atoms with Crippen LogP contribution < -0.4 is 9.47 Å². The molecule has 146 valence electrons. The SMILES string of the molecule is COc1cc2c3c(c4ccc(O)c(OC)c4c2cc1O)[C@H](O)[C@@H]1CCCN1C3. The van der Waals surface area contributed by atoms with E-state index in [4.69, 9.17) is 9.47 Å². The fourth-order valence-corrected chi connectivity index (χ4v) is 5.08. The topological polar surface area (TPSA) is 82.4 Å². The van der Waals surface area contributed by atoms with Gasteiger partial charge in [-0.1, -0.05) is 6.07 Å². The van der Waals surface area contributed by atoms with E-state index < -0.39 is 6.10 Å². The molecule has 3 N–H and O–H groups in total. The monoisotopic (exact) mass is 381 g/mol. The standard InChI is InChI=1S/C22H23NO5/c1-27-18-9-12-13(8-17(18)25)20-11(5-6-16(24)22(20)28-2)19-14(12)10-23-7-3-4-15(23)21(19)26/h5-6,8-9,15,21,24-26H,3-4,7,10H2,1-2H3/t15-,21+/m0/s1. The van der Waals surface area contributed by atoms with Crippen LogP contribution in [0, 0.1) is 0 Å². The Hall–Kier alpha value is -2.70. The number of hydrogen-bond acceptors (Lipinski definition) is 6. The van der Waals surface area contributed by atoms with Gasteiger partial charge in [-0.2, -0.15) is 0 Å². The maximum Gasteiger partial charge on any atom is 0.168 e. The van der Waals surface area contributed by atoms with E-state index in [0.717, 1.165) is 53.2 Å². The maximum absolute atomic E-state index is 11.3. The van der Waals surface area contributed by atoms with Crippen LogP contribution in [0.15, 0.2) is 24.3 Å². The van der Waals surface area contributed by atoms with Crippen LogP contribution >= 0.6 is 0 Å². The Morgan fingerprint density at radius 2 is 1.82 bits per heavy atom. The molecule has 28 heavy (non-hydrogen) atoms. The average Bonchev–Trinajstić information content (AvgIpc) is 3.16. The van der Waals surface area contributed by atoms with E-state index in [-0.39, 0.29) is 17.5 Å². The van der Waals surface area contributed by atoms with E-state index in [1.165, 1.54) is 14.2 Å². The first-order chi connectivity index (χ1) is 13.5. The van der Waals surface area contributed by atoms with Gasteiger partial charge in [0.2, 0.25) is 0 Å². The lowest BCUT2D eigenvalue weighted by molar-refractivity contribution is 0.0552. The molecule has 5 rings (SSSR count). The Morgan fingerprint density at radius 1 is 1.00 bits per heavy atom. The molecule has 0 bridgehead atoms. The van der Waals surface area contributed by atoms with Crippen LogP contribution in [0.3, 0.4) is 0 Å². The quantitative estimate of drug-likeness (QED) is 0.590. The lowest BCUT2D eigenvalue weighted by atomic mass is 9.83. The number of phenolic OH excluding ortho intramolecular Hbond substituents is 2. The molecule has 0 amide bonds. The molecule has 6 heteroatoms. The summed E-state index contributed by atoms with van der Waals surface area (Å²) in [6, 6.07) is 7.01. The molecule has 3 aromatic rings. The zero-order chi connectivity index (χ0) is 19.6. The minimum Gasteiger partial charge on any atom is -0.504 e. The molecule has 0 aliphatic carbocycles. The van der Waals surface area contributed by atoms with Gasteiger partial charge in [0.15, 0.2) is 23.0 Å². The van der Waals surface area contributed by atoms with Crippen molar-refractivity contribution in [2.75, 3.05) is 20.8 Å². The van der Waals surface area contributed by atoms with Gasteiger partial charge < -0.3 is 24.8 Å². The first kappa shape index (κ1) is 17.4. The van der Waals surface area contributed by atoms with Crippen LogP contribution in [0.25, 0.3) is 21.5 Å². The van der Waals surface area contributed by atoms with Crippen molar-refractivity contribution in [2.45, 2.75) is 31.5 Å². The zero-order valence-electron chi connectivity index (χ0n) is 15.9. The van der Waals surface area contributed by atoms with Gasteiger partial charge in [0.25, 0.3) is 0 Å². The largest absolute Gasteiger partial charge is 0.504 e. The van der Waals surface area contributed by atoms with Crippen LogP contribution in [-0.2, 0) is 6.54 Å². The molecule has 1 saturated heterocycles. The highest BCUT2D eigenvalue weighted by Gasteiger charge is 2.39. The van der Waals surface area contributed by atoms with Gasteiger partial charge in [-0.3, -0.25) is 4.90 Å². The Balaban J connectivity index is 1.98. The van der Waals surface area contributed by atoms with Crippen molar-refractivity contribution in [3.05, 3.63) is 35.4 Å². The molecule has 3 aromatic carbocycles. The second-order valence-electron chi connectivity index (χ2n) is 7.63. The Morgan fingerprint density at radius 3 is 2.57 bits per heavy atom. The average molecular weight is 381 g/mol. The van der Waals surface area contributed by atoms with E-state index in [0.29, 0.717) is 16.9 Å². The van der Waals surface area contributed by atoms with Crippen molar-refractivity contribution in [1.29, 1.82) is 0 Å². The summed E-state index contributed by atoms with van der Waals surface area (Å²) in [5.41, 5.74) is 1.93. The lowest BCUT2D eigenvalue weighted by Crippen LogP contribution is -2.39. The van der Waals surface area contributed by atoms with Gasteiger partial charge in [0.05, 0.1) is 20.3 Å². The minimum atomic E-state index is -0.618. The van der Waals surface area contributed by atoms with Crippen molar-refractivity contribution in [3.8, 4) is 23.0 Å². The lowest BCUT2D eigenvalue weighted by Gasteiger charge is -2.37. The number of aliphatic hydroxyl groups is 1. The molecule has 0 spiro atoms. The van der Waals surface area contributed by atoms with Crippen molar-refractivity contribution in [2.24, 2.45) is 0 Å². The van der Waals surface area contributed by atoms with Crippen LogP contribution in [0.2, 0.25) is 0 Å². The molecule has 0 unspecified atom stereocenters. The summed E-state index contributed by atoms with van der Waals surface area (Å²) >= 11 is 0. The predicted molar refractivity (Wildman–Crippen MR) is 106 cm³/mol. The number of methoxy groups -OCH3 is 2. The van der Waals surface area contributed by atoms with E-state index in [9.17, 15) is 15.3 Å². The van der Waals surface area contributed by atoms with Crippen molar-refractivity contribution < 1.29 is 24.8 Å². The minimum absolute atomic E-state index is 0.0250. The number of aromatic hydroxyl groups is 2. The Labute approximate surface area is 162 Å². The zero-order valence-corrected chi connectivity index (χ0v) is 15.9. The highest BCUT2D eigenvalue weighted by Crippen LogP contribution is 2.50. The van der Waals surface area contributed by atoms with Crippen LogP contribution in [0.5, 0.6) is 23.0 Å². The molecule has 2 atom stereocenters. The molecular weight excluding hydrogens is 358 g/mol. The molecule has 0 radical (unpaired) electrons. The summed E-state index contributed by atoms with van der Waals surface area (Å²) in [7, 11) is 3.03. The van der Waals surface area contributed by atoms with Gasteiger partial charge in [0, 0.05) is 18.0 Å². The highest BCUT2D eigenvalue weighted by atomic mass is 16.5. The normalized spacial score (nSPS) is 21.7. The third-order valence-electron chi connectivity index (χ3n) is 6.31. The number of phenols is 2. The summed E-state index contributed by atoms with van der Waals surface area (Å²) in [6.07, 6.45) is 1.42. The molecule has 0 saturated carbocycles. The molecule has 2 aliphatic heterocycles. The number of hydrogen-bond donors (Lipinski definition) is 3. The second kappa shape index (κ2) is 6.15. The number of aliphatic hydroxyl groups excluding tert-OH is 1. The van der Waals surface area contributed by atoms with E-state index in [1.54, 1.807) is 12.1 Å². The van der Waals surface area contributed by atoms with Gasteiger partial charge in [-0.05, 0) is 64.9 Å². The third-order valence-corrected chi connectivity index (χ3v) is 6.31. The first-order valence-electron chi connectivity index (χ1n) is 9.52. The smallest absolute Gasteiger partial charge is 0.168 e. The van der Waals surface area contributed by atoms with Crippen LogP contribution in [0.4, 0.5) is 0 Å². The summed E-state index contributed by atoms with van der Waals surface area (Å²) < 4.78 is 10.9. The van der Waals surface area contributed by atoms with Crippen molar-refractivity contribution in [3.63, 3.8) is 0 Å². The second-order valence-corrected chi connectivity index (χ2v) is 7.63. The summed E-state index contributed by atoms with van der Waals surface area (Å²) in [6.45, 7) is 1.70. The van der Waals surface area contributed by atoms with Crippen LogP contribution in [0.1, 0.15) is 30.1 Å². The molecule has 0 aromatic heterocycles. The van der Waals surface area contributed by atoms with E-state index in [2.05, 4.69) is 4.90 Å². The van der Waals surface area contributed by atoms with Crippen LogP contribution in [-0.4, -0.2) is 47.0 Å². The number of ether oxygens (including phenoxy) is 2. The van der Waals surface area contributed by atoms with Gasteiger partial charge in [-0.25, -0.2) is 0 Å². The number of rotatable bonds is 2. The fraction of sp³-hybridized carbons (Fsp3) is 0.364. The van der Waals surface area contributed by atoms with Gasteiger partial charge in [-0.15, -0.1) is 0 Å². The van der Waals surface area contributed by atoms with E-state index in [1.807, 2.05) is 12.1 Å². The number of benzene rings is 3. The molecule has 2 aliphatic rings. The molecule has 2 heterocycles. The van der Waals surface area contributed by atoms with Gasteiger partial charge in [0.1, 0.15) is 0 Å². The van der Waals surface area contributed by atoms with E-state index >= 15 is 0 Å².